The lowest BCUT2D eigenvalue weighted by atomic mass is 9.82. The minimum Gasteiger partial charge on any atom is -0.459 e. The number of ether oxygens (including phenoxy) is 4. The summed E-state index contributed by atoms with van der Waals surface area (Å²) >= 11 is 0. The highest BCUT2D eigenvalue weighted by molar-refractivity contribution is 5.83. The fraction of sp³-hybridized carbons (Fsp3) is 0.500. The van der Waals surface area contributed by atoms with E-state index in [4.69, 9.17) is 24.7 Å². The normalized spacial score (nSPS) is 20.7. The average molecular weight is 727 g/mol. The summed E-state index contributed by atoms with van der Waals surface area (Å²) in [6.45, 7) is 8.07. The number of unbranched alkanes of at least 4 members (excludes halogenated alkanes) is 3. The molecule has 1 aromatic heterocycles. The molecule has 0 unspecified atom stereocenters. The molecule has 5 rings (SSSR count). The molecule has 4 atom stereocenters. The maximum absolute atomic E-state index is 14.4. The van der Waals surface area contributed by atoms with E-state index in [9.17, 15) is 14.7 Å². The fourth-order valence-electron chi connectivity index (χ4n) is 7.22. The Morgan fingerprint density at radius 1 is 0.849 bits per heavy atom. The molecule has 2 heterocycles. The smallest absolute Gasteiger partial charge is 0.312 e. The highest BCUT2D eigenvalue weighted by Gasteiger charge is 2.55. The Morgan fingerprint density at radius 2 is 1.45 bits per heavy atom. The number of hydrogen-bond donors (Lipinski definition) is 3. The summed E-state index contributed by atoms with van der Waals surface area (Å²) < 4.78 is 26.1. The van der Waals surface area contributed by atoms with Gasteiger partial charge in [0.05, 0.1) is 17.4 Å². The van der Waals surface area contributed by atoms with Gasteiger partial charge in [0.25, 0.3) is 0 Å². The molecule has 3 aromatic carbocycles. The molecule has 286 valence electrons. The zero-order valence-corrected chi connectivity index (χ0v) is 31.9. The van der Waals surface area contributed by atoms with Crippen LogP contribution in [-0.2, 0) is 47.8 Å². The SMILES string of the molecule is CC(C)(Cc1ccccc1)C(=O)O[C@H]1C[C@@](CCc2c[nH]c3ccccc23)(OC(=O)C(C)(C)Cc2ccccc2)[C@H](OCCCCCCN)O[C@@H]1CO. The summed E-state index contributed by atoms with van der Waals surface area (Å²) in [6, 6.07) is 27.8. The third-order valence-corrected chi connectivity index (χ3v) is 10.4. The second-order valence-corrected chi connectivity index (χ2v) is 15.8. The van der Waals surface area contributed by atoms with Crippen molar-refractivity contribution in [3.8, 4) is 0 Å². The number of nitrogens with two attached hydrogens (primary N) is 1. The molecule has 0 saturated carbocycles. The van der Waals surface area contributed by atoms with Gasteiger partial charge in [0.15, 0.2) is 11.9 Å². The molecule has 53 heavy (non-hydrogen) atoms. The number of aliphatic hydroxyl groups excluding tert-OH is 1. The highest BCUT2D eigenvalue weighted by atomic mass is 16.7. The number of hydrogen-bond acceptors (Lipinski definition) is 8. The molecular formula is C44H58N2O7. The minimum absolute atomic E-state index is 0.0960. The highest BCUT2D eigenvalue weighted by Crippen LogP contribution is 2.42. The predicted octanol–water partition coefficient (Wildman–Crippen LogP) is 7.48. The second kappa shape index (κ2) is 18.3. The van der Waals surface area contributed by atoms with Crippen LogP contribution in [0.25, 0.3) is 10.9 Å². The van der Waals surface area contributed by atoms with Gasteiger partial charge in [-0.25, -0.2) is 0 Å². The van der Waals surface area contributed by atoms with E-state index in [0.29, 0.717) is 38.8 Å². The van der Waals surface area contributed by atoms with Gasteiger partial charge in [-0.2, -0.15) is 0 Å². The number of aromatic amines is 1. The minimum atomic E-state index is -1.35. The Bertz CT molecular complexity index is 1740. The molecule has 0 spiro atoms. The Labute approximate surface area is 314 Å². The van der Waals surface area contributed by atoms with Crippen molar-refractivity contribution in [2.45, 2.75) is 110 Å². The van der Waals surface area contributed by atoms with Crippen LogP contribution in [0.3, 0.4) is 0 Å². The molecular weight excluding hydrogens is 668 g/mol. The Morgan fingerprint density at radius 3 is 2.09 bits per heavy atom. The number of nitrogens with one attached hydrogen (secondary N) is 1. The van der Waals surface area contributed by atoms with E-state index in [2.05, 4.69) is 11.1 Å². The van der Waals surface area contributed by atoms with Gasteiger partial charge in [-0.1, -0.05) is 91.7 Å². The van der Waals surface area contributed by atoms with Crippen molar-refractivity contribution >= 4 is 22.8 Å². The number of benzene rings is 3. The van der Waals surface area contributed by atoms with Crippen LogP contribution in [0.4, 0.5) is 0 Å². The number of aliphatic hydroxyl groups is 1. The Balaban J connectivity index is 1.48. The average Bonchev–Trinajstić information content (AvgIpc) is 3.56. The number of para-hydroxylation sites is 1. The second-order valence-electron chi connectivity index (χ2n) is 15.8. The molecule has 9 nitrogen and oxygen atoms in total. The maximum atomic E-state index is 14.4. The summed E-state index contributed by atoms with van der Waals surface area (Å²) in [6.07, 6.45) is 4.68. The molecule has 0 bridgehead atoms. The van der Waals surface area contributed by atoms with Gasteiger partial charge < -0.3 is 34.8 Å². The van der Waals surface area contributed by atoms with Crippen LogP contribution < -0.4 is 5.73 Å². The first-order valence-corrected chi connectivity index (χ1v) is 19.1. The monoisotopic (exact) mass is 726 g/mol. The van der Waals surface area contributed by atoms with E-state index in [1.807, 2.05) is 113 Å². The first-order chi connectivity index (χ1) is 25.5. The van der Waals surface area contributed by atoms with Gasteiger partial charge in [-0.15, -0.1) is 0 Å². The van der Waals surface area contributed by atoms with Crippen LogP contribution in [0.2, 0.25) is 0 Å². The Hall–Kier alpha value is -4.02. The van der Waals surface area contributed by atoms with Gasteiger partial charge in [-0.05, 0) is 95.5 Å². The molecule has 1 saturated heterocycles. The summed E-state index contributed by atoms with van der Waals surface area (Å²) in [5, 5.41) is 11.7. The van der Waals surface area contributed by atoms with Gasteiger partial charge in [0.2, 0.25) is 0 Å². The van der Waals surface area contributed by atoms with E-state index in [0.717, 1.165) is 53.3 Å². The molecule has 4 aromatic rings. The number of aromatic nitrogens is 1. The lowest BCUT2D eigenvalue weighted by molar-refractivity contribution is -0.317. The maximum Gasteiger partial charge on any atom is 0.312 e. The van der Waals surface area contributed by atoms with E-state index >= 15 is 0 Å². The topological polar surface area (TPSA) is 133 Å². The van der Waals surface area contributed by atoms with Crippen LogP contribution in [0, 0.1) is 10.8 Å². The summed E-state index contributed by atoms with van der Waals surface area (Å²) in [5.74, 6) is -0.828. The van der Waals surface area contributed by atoms with E-state index < -0.39 is 53.5 Å². The predicted molar refractivity (Wildman–Crippen MR) is 207 cm³/mol. The fourth-order valence-corrected chi connectivity index (χ4v) is 7.22. The van der Waals surface area contributed by atoms with Crippen LogP contribution >= 0.6 is 0 Å². The van der Waals surface area contributed by atoms with Gasteiger partial charge in [0, 0.05) is 30.1 Å². The van der Waals surface area contributed by atoms with Crippen molar-refractivity contribution in [1.29, 1.82) is 0 Å². The molecule has 1 fully saturated rings. The lowest BCUT2D eigenvalue weighted by Crippen LogP contribution is -2.61. The van der Waals surface area contributed by atoms with Gasteiger partial charge in [0.1, 0.15) is 12.2 Å². The van der Waals surface area contributed by atoms with E-state index in [1.165, 1.54) is 0 Å². The number of H-pyrrole nitrogens is 1. The first kappa shape index (κ1) is 40.2. The van der Waals surface area contributed by atoms with Crippen LogP contribution in [0.15, 0.2) is 91.1 Å². The molecule has 1 aliphatic rings. The van der Waals surface area contributed by atoms with Crippen LogP contribution in [0.1, 0.15) is 82.9 Å². The largest absolute Gasteiger partial charge is 0.459 e. The van der Waals surface area contributed by atoms with Crippen molar-refractivity contribution in [3.63, 3.8) is 0 Å². The van der Waals surface area contributed by atoms with Gasteiger partial charge >= 0.3 is 11.9 Å². The van der Waals surface area contributed by atoms with Crippen molar-refractivity contribution in [3.05, 3.63) is 108 Å². The zero-order chi connectivity index (χ0) is 37.9. The number of carbonyl (C=O) groups is 2. The van der Waals surface area contributed by atoms with Crippen LogP contribution in [-0.4, -0.2) is 65.9 Å². The van der Waals surface area contributed by atoms with Crippen molar-refractivity contribution in [2.75, 3.05) is 19.8 Å². The summed E-state index contributed by atoms with van der Waals surface area (Å²) in [7, 11) is 0. The third kappa shape index (κ3) is 10.6. The van der Waals surface area contributed by atoms with Crippen molar-refractivity contribution < 1.29 is 33.6 Å². The standard InChI is InChI=1S/C44H58N2O7/c1-42(2,27-32-17-9-7-10-18-32)39(48)51-37-29-44(24-23-34-30-46-36-22-14-13-21-35(34)36,41(52-38(37)31-47)50-26-16-6-5-15-25-45)53-40(49)43(3,4)28-33-19-11-8-12-20-33/h7-14,17-22,30,37-38,41,46-47H,5-6,15-16,23-29,31,45H2,1-4H3/t37-,38+,41+,44+/m0/s1. The van der Waals surface area contributed by atoms with E-state index in [-0.39, 0.29) is 6.42 Å². The quantitative estimate of drug-likeness (QED) is 0.0670. The van der Waals surface area contributed by atoms with Crippen LogP contribution in [0.5, 0.6) is 0 Å². The van der Waals surface area contributed by atoms with E-state index in [1.54, 1.807) is 0 Å². The summed E-state index contributed by atoms with van der Waals surface area (Å²) in [4.78, 5) is 31.8. The van der Waals surface area contributed by atoms with Crippen molar-refractivity contribution in [2.24, 2.45) is 16.6 Å². The summed E-state index contributed by atoms with van der Waals surface area (Å²) in [5.41, 5.74) is 6.68. The number of rotatable bonds is 19. The zero-order valence-electron chi connectivity index (χ0n) is 31.9. The molecule has 0 amide bonds. The molecule has 0 radical (unpaired) electrons. The molecule has 9 heteroatoms. The molecule has 4 N–H and O–H groups in total. The third-order valence-electron chi connectivity index (χ3n) is 10.4. The number of fused-ring (bicyclic) bond motifs is 1. The molecule has 1 aliphatic heterocycles. The van der Waals surface area contributed by atoms with Gasteiger partial charge in [-0.3, -0.25) is 9.59 Å². The number of aryl methyl sites for hydroxylation is 1. The Kier molecular flexibility index (Phi) is 13.9. The lowest BCUT2D eigenvalue weighted by Gasteiger charge is -2.49. The molecule has 0 aliphatic carbocycles. The number of esters is 2. The number of carbonyl (C=O) groups excluding carboxylic acids is 2. The van der Waals surface area contributed by atoms with Crippen molar-refractivity contribution in [1.82, 2.24) is 4.98 Å². The first-order valence-electron chi connectivity index (χ1n) is 19.1.